The minimum Gasteiger partial charge on any atom is -0.497 e. The fraction of sp³-hybridized carbons (Fsp3) is 0.435. The number of ether oxygens (including phenoxy) is 1. The molecule has 2 unspecified atom stereocenters. The van der Waals surface area contributed by atoms with Crippen LogP contribution in [0, 0.1) is 13.8 Å². The lowest BCUT2D eigenvalue weighted by Crippen LogP contribution is -2.62. The third kappa shape index (κ3) is 4.23. The average molecular weight is 429 g/mol. The van der Waals surface area contributed by atoms with Gasteiger partial charge in [-0.3, -0.25) is 9.69 Å². The highest BCUT2D eigenvalue weighted by Gasteiger charge is 2.49. The molecule has 160 valence electrons. The van der Waals surface area contributed by atoms with Crippen LogP contribution >= 0.6 is 0 Å². The van der Waals surface area contributed by atoms with Crippen molar-refractivity contribution in [1.82, 2.24) is 4.90 Å². The Labute approximate surface area is 178 Å². The molecule has 2 aliphatic heterocycles. The molecule has 0 aliphatic carbocycles. The van der Waals surface area contributed by atoms with Crippen molar-refractivity contribution in [1.29, 1.82) is 0 Å². The number of hydrogen-bond acceptors (Lipinski definition) is 5. The van der Waals surface area contributed by atoms with E-state index in [9.17, 15) is 13.2 Å². The van der Waals surface area contributed by atoms with Gasteiger partial charge < -0.3 is 9.64 Å². The zero-order valence-electron chi connectivity index (χ0n) is 17.7. The number of nitrogens with zero attached hydrogens (tertiary/aromatic N) is 2. The van der Waals surface area contributed by atoms with Gasteiger partial charge in [0.2, 0.25) is 5.91 Å². The Morgan fingerprint density at radius 1 is 1.00 bits per heavy atom. The van der Waals surface area contributed by atoms with Gasteiger partial charge in [-0.2, -0.15) is 0 Å². The summed E-state index contributed by atoms with van der Waals surface area (Å²) in [5.41, 5.74) is 4.08. The zero-order chi connectivity index (χ0) is 21.5. The van der Waals surface area contributed by atoms with Gasteiger partial charge in [0.15, 0.2) is 9.84 Å². The summed E-state index contributed by atoms with van der Waals surface area (Å²) in [4.78, 5) is 16.9. The van der Waals surface area contributed by atoms with E-state index in [-0.39, 0.29) is 36.0 Å². The van der Waals surface area contributed by atoms with Gasteiger partial charge >= 0.3 is 0 Å². The second-order valence-electron chi connectivity index (χ2n) is 8.39. The average Bonchev–Trinajstić information content (AvgIpc) is 3.00. The second kappa shape index (κ2) is 8.04. The number of fused-ring (bicyclic) bond motifs is 1. The standard InChI is InChI=1S/C23H28N2O4S/c1-16-10-17(2)12-19(11-16)25-22-15-30(27,28)14-21(22)24(13-23(25)26)9-8-18-4-6-20(29-3)7-5-18/h4-7,10-12,21-22H,8-9,13-15H2,1-3H3. The van der Waals surface area contributed by atoms with Crippen molar-refractivity contribution in [2.45, 2.75) is 32.4 Å². The number of methoxy groups -OCH3 is 1. The van der Waals surface area contributed by atoms with Crippen LogP contribution in [0.15, 0.2) is 42.5 Å². The summed E-state index contributed by atoms with van der Waals surface area (Å²) in [6, 6.07) is 13.3. The number of aryl methyl sites for hydroxylation is 2. The van der Waals surface area contributed by atoms with Gasteiger partial charge in [-0.1, -0.05) is 18.2 Å². The molecular weight excluding hydrogens is 400 g/mol. The van der Waals surface area contributed by atoms with E-state index in [0.29, 0.717) is 6.54 Å². The van der Waals surface area contributed by atoms with Crippen molar-refractivity contribution in [3.8, 4) is 5.75 Å². The molecule has 0 N–H and O–H groups in total. The molecule has 0 spiro atoms. The summed E-state index contributed by atoms with van der Waals surface area (Å²) in [5.74, 6) is 0.899. The minimum atomic E-state index is -3.19. The lowest BCUT2D eigenvalue weighted by atomic mass is 10.0. The third-order valence-corrected chi connectivity index (χ3v) is 7.73. The minimum absolute atomic E-state index is 0.0232. The topological polar surface area (TPSA) is 66.9 Å². The lowest BCUT2D eigenvalue weighted by molar-refractivity contribution is -0.123. The van der Waals surface area contributed by atoms with Crippen LogP contribution in [-0.4, -0.2) is 63.0 Å². The van der Waals surface area contributed by atoms with Crippen molar-refractivity contribution in [2.24, 2.45) is 0 Å². The van der Waals surface area contributed by atoms with Gasteiger partial charge in [-0.25, -0.2) is 8.42 Å². The number of hydrogen-bond donors (Lipinski definition) is 0. The smallest absolute Gasteiger partial charge is 0.241 e. The van der Waals surface area contributed by atoms with Crippen molar-refractivity contribution >= 4 is 21.4 Å². The summed E-state index contributed by atoms with van der Waals surface area (Å²) < 4.78 is 30.3. The maximum atomic E-state index is 13.1. The molecule has 0 aromatic heterocycles. The summed E-state index contributed by atoms with van der Waals surface area (Å²) in [6.07, 6.45) is 0.754. The fourth-order valence-corrected chi connectivity index (χ4v) is 6.67. The molecular formula is C23H28N2O4S. The first kappa shape index (κ1) is 20.9. The fourth-order valence-electron chi connectivity index (χ4n) is 4.69. The van der Waals surface area contributed by atoms with Gasteiger partial charge in [-0.05, 0) is 61.2 Å². The SMILES string of the molecule is COc1ccc(CCN2CC(=O)N(c3cc(C)cc(C)c3)C3CS(=O)(=O)CC32)cc1. The normalized spacial score (nSPS) is 23.4. The van der Waals surface area contributed by atoms with Crippen molar-refractivity contribution in [3.63, 3.8) is 0 Å². The highest BCUT2D eigenvalue weighted by atomic mass is 32.2. The molecule has 7 heteroatoms. The van der Waals surface area contributed by atoms with E-state index in [4.69, 9.17) is 4.74 Å². The summed E-state index contributed by atoms with van der Waals surface area (Å²) in [5, 5.41) is 0. The Balaban J connectivity index is 1.57. The number of carbonyl (C=O) groups is 1. The maximum Gasteiger partial charge on any atom is 0.241 e. The van der Waals surface area contributed by atoms with Gasteiger partial charge in [0.25, 0.3) is 0 Å². The summed E-state index contributed by atoms with van der Waals surface area (Å²) >= 11 is 0. The first-order chi connectivity index (χ1) is 14.3. The molecule has 6 nitrogen and oxygen atoms in total. The molecule has 0 bridgehead atoms. The largest absolute Gasteiger partial charge is 0.497 e. The monoisotopic (exact) mass is 428 g/mol. The molecule has 2 aliphatic rings. The number of benzene rings is 2. The Morgan fingerprint density at radius 2 is 1.63 bits per heavy atom. The van der Waals surface area contributed by atoms with Gasteiger partial charge in [0.05, 0.1) is 31.2 Å². The number of rotatable bonds is 5. The Morgan fingerprint density at radius 3 is 2.27 bits per heavy atom. The van der Waals surface area contributed by atoms with Crippen LogP contribution in [0.1, 0.15) is 16.7 Å². The Kier molecular flexibility index (Phi) is 5.59. The van der Waals surface area contributed by atoms with E-state index in [1.807, 2.05) is 50.2 Å². The quantitative estimate of drug-likeness (QED) is 0.732. The van der Waals surface area contributed by atoms with E-state index in [1.165, 1.54) is 0 Å². The number of carbonyl (C=O) groups excluding carboxylic acids is 1. The molecule has 30 heavy (non-hydrogen) atoms. The molecule has 0 saturated carbocycles. The van der Waals surface area contributed by atoms with E-state index in [1.54, 1.807) is 12.0 Å². The van der Waals surface area contributed by atoms with E-state index < -0.39 is 9.84 Å². The maximum absolute atomic E-state index is 13.1. The third-order valence-electron chi connectivity index (χ3n) is 6.03. The lowest BCUT2D eigenvalue weighted by Gasteiger charge is -2.43. The Hall–Kier alpha value is -2.38. The molecule has 0 radical (unpaired) electrons. The van der Waals surface area contributed by atoms with E-state index in [2.05, 4.69) is 11.0 Å². The van der Waals surface area contributed by atoms with Crippen molar-refractivity contribution in [2.75, 3.05) is 36.6 Å². The zero-order valence-corrected chi connectivity index (χ0v) is 18.5. The Bertz CT molecular complexity index is 1030. The van der Waals surface area contributed by atoms with Crippen molar-refractivity contribution in [3.05, 3.63) is 59.2 Å². The first-order valence-electron chi connectivity index (χ1n) is 10.2. The van der Waals surface area contributed by atoms with Crippen LogP contribution < -0.4 is 9.64 Å². The van der Waals surface area contributed by atoms with Crippen LogP contribution in [-0.2, 0) is 21.1 Å². The van der Waals surface area contributed by atoms with E-state index >= 15 is 0 Å². The van der Waals surface area contributed by atoms with Crippen LogP contribution in [0.4, 0.5) is 5.69 Å². The molecule has 1 amide bonds. The van der Waals surface area contributed by atoms with Crippen molar-refractivity contribution < 1.29 is 17.9 Å². The van der Waals surface area contributed by atoms with Gasteiger partial charge in [-0.15, -0.1) is 0 Å². The number of piperazine rings is 1. The number of anilines is 1. The van der Waals surface area contributed by atoms with Crippen LogP contribution in [0.3, 0.4) is 0 Å². The van der Waals surface area contributed by atoms with Crippen LogP contribution in [0.5, 0.6) is 5.75 Å². The highest BCUT2D eigenvalue weighted by Crippen LogP contribution is 2.32. The molecule has 2 aromatic carbocycles. The number of sulfone groups is 1. The summed E-state index contributed by atoms with van der Waals surface area (Å²) in [7, 11) is -1.55. The van der Waals surface area contributed by atoms with E-state index in [0.717, 1.165) is 34.5 Å². The molecule has 2 fully saturated rings. The number of amides is 1. The summed E-state index contributed by atoms with van der Waals surface area (Å²) in [6.45, 7) is 4.87. The predicted octanol–water partition coefficient (Wildman–Crippen LogP) is 2.37. The van der Waals surface area contributed by atoms with Crippen LogP contribution in [0.25, 0.3) is 0 Å². The molecule has 2 saturated heterocycles. The van der Waals surface area contributed by atoms with Gasteiger partial charge in [0.1, 0.15) is 5.75 Å². The first-order valence-corrected chi connectivity index (χ1v) is 12.1. The van der Waals surface area contributed by atoms with Crippen LogP contribution in [0.2, 0.25) is 0 Å². The highest BCUT2D eigenvalue weighted by molar-refractivity contribution is 7.91. The molecule has 2 heterocycles. The molecule has 4 rings (SSSR count). The predicted molar refractivity (Wildman–Crippen MR) is 118 cm³/mol. The second-order valence-corrected chi connectivity index (χ2v) is 10.5. The van der Waals surface area contributed by atoms with Gasteiger partial charge in [0, 0.05) is 18.3 Å². The molecule has 2 aromatic rings. The molecule has 2 atom stereocenters.